The van der Waals surface area contributed by atoms with Crippen LogP contribution in [0, 0.1) is 0 Å². The molecule has 4 heteroatoms. The minimum absolute atomic E-state index is 0.152. The summed E-state index contributed by atoms with van der Waals surface area (Å²) in [6.07, 6.45) is 14.2. The van der Waals surface area contributed by atoms with Crippen molar-refractivity contribution in [2.45, 2.75) is 96.9 Å². The van der Waals surface area contributed by atoms with Crippen LogP contribution in [-0.4, -0.2) is 23.0 Å². The molecule has 0 radical (unpaired) electrons. The lowest BCUT2D eigenvalue weighted by molar-refractivity contribution is -0.141. The highest BCUT2D eigenvalue weighted by Crippen LogP contribution is 2.11. The van der Waals surface area contributed by atoms with Gasteiger partial charge in [0.1, 0.15) is 6.04 Å². The van der Waals surface area contributed by atoms with Crippen molar-refractivity contribution in [3.05, 3.63) is 0 Å². The quantitative estimate of drug-likeness (QED) is 0.470. The van der Waals surface area contributed by atoms with E-state index in [0.29, 0.717) is 6.42 Å². The highest BCUT2D eigenvalue weighted by atomic mass is 16.4. The fraction of sp³-hybridized carbons (Fsp3) is 0.882. The summed E-state index contributed by atoms with van der Waals surface area (Å²) in [5.74, 6) is -1.14. The van der Waals surface area contributed by atoms with E-state index in [0.717, 1.165) is 12.8 Å². The molecule has 0 aromatic heterocycles. The molecule has 0 unspecified atom stereocenters. The molecule has 4 nitrogen and oxygen atoms in total. The summed E-state index contributed by atoms with van der Waals surface area (Å²) < 4.78 is 0. The van der Waals surface area contributed by atoms with Crippen LogP contribution in [0.2, 0.25) is 0 Å². The van der Waals surface area contributed by atoms with Gasteiger partial charge in [-0.1, -0.05) is 71.1 Å². The van der Waals surface area contributed by atoms with Crippen molar-refractivity contribution >= 4 is 11.9 Å². The molecule has 0 aliphatic heterocycles. The molecule has 0 heterocycles. The van der Waals surface area contributed by atoms with Gasteiger partial charge >= 0.3 is 5.97 Å². The molecule has 2 N–H and O–H groups in total. The molecule has 1 amide bonds. The highest BCUT2D eigenvalue weighted by molar-refractivity contribution is 5.83. The molecule has 1 atom stereocenters. The van der Waals surface area contributed by atoms with Gasteiger partial charge < -0.3 is 10.4 Å². The van der Waals surface area contributed by atoms with Gasteiger partial charge in [-0.05, 0) is 13.3 Å². The lowest BCUT2D eigenvalue weighted by Gasteiger charge is -2.08. The van der Waals surface area contributed by atoms with Crippen LogP contribution in [0.4, 0.5) is 0 Å². The van der Waals surface area contributed by atoms with Gasteiger partial charge in [-0.25, -0.2) is 0 Å². The molecule has 0 aliphatic carbocycles. The van der Waals surface area contributed by atoms with Crippen molar-refractivity contribution in [2.24, 2.45) is 0 Å². The van der Waals surface area contributed by atoms with Crippen LogP contribution in [0.5, 0.6) is 0 Å². The molecule has 21 heavy (non-hydrogen) atoms. The highest BCUT2D eigenvalue weighted by Gasteiger charge is 2.12. The Hall–Kier alpha value is -1.06. The van der Waals surface area contributed by atoms with Crippen LogP contribution in [-0.2, 0) is 9.59 Å². The lowest BCUT2D eigenvalue weighted by Crippen LogP contribution is -2.38. The minimum atomic E-state index is -0.984. The van der Waals surface area contributed by atoms with E-state index in [1.54, 1.807) is 0 Å². The largest absolute Gasteiger partial charge is 0.480 e. The number of hydrogen-bond acceptors (Lipinski definition) is 2. The molecular formula is C17H33NO3. The molecule has 0 rings (SSSR count). The summed E-state index contributed by atoms with van der Waals surface area (Å²) in [6, 6.07) is -0.787. The first-order valence-corrected chi connectivity index (χ1v) is 8.60. The molecule has 0 aliphatic rings. The maximum Gasteiger partial charge on any atom is 0.325 e. The number of unbranched alkanes of at least 4 members (excludes halogenated alkanes) is 10. The topological polar surface area (TPSA) is 66.4 Å². The smallest absolute Gasteiger partial charge is 0.325 e. The van der Waals surface area contributed by atoms with Crippen LogP contribution in [0.1, 0.15) is 90.9 Å². The molecule has 0 spiro atoms. The van der Waals surface area contributed by atoms with E-state index in [-0.39, 0.29) is 5.91 Å². The maximum atomic E-state index is 11.4. The summed E-state index contributed by atoms with van der Waals surface area (Å²) >= 11 is 0. The third kappa shape index (κ3) is 13.7. The van der Waals surface area contributed by atoms with Crippen LogP contribution >= 0.6 is 0 Å². The lowest BCUT2D eigenvalue weighted by atomic mass is 10.1. The molecule has 0 saturated heterocycles. The van der Waals surface area contributed by atoms with Crippen molar-refractivity contribution in [2.75, 3.05) is 0 Å². The first-order valence-electron chi connectivity index (χ1n) is 8.60. The standard InChI is InChI=1S/C17H33NO3/c1-3-4-5-6-7-8-9-10-11-12-13-14-16(19)18-15(2)17(20)21/h15H,3-14H2,1-2H3,(H,18,19)(H,20,21)/t15-/m1/s1. The van der Waals surface area contributed by atoms with Crippen LogP contribution in [0.3, 0.4) is 0 Å². The monoisotopic (exact) mass is 299 g/mol. The Balaban J connectivity index is 3.25. The first kappa shape index (κ1) is 19.9. The maximum absolute atomic E-state index is 11.4. The Kier molecular flexibility index (Phi) is 13.2. The van der Waals surface area contributed by atoms with E-state index in [4.69, 9.17) is 5.11 Å². The summed E-state index contributed by atoms with van der Waals surface area (Å²) in [5.41, 5.74) is 0. The molecule has 0 aromatic carbocycles. The van der Waals surface area contributed by atoms with E-state index in [1.165, 1.54) is 64.7 Å². The summed E-state index contributed by atoms with van der Waals surface area (Å²) in [5, 5.41) is 11.2. The van der Waals surface area contributed by atoms with Crippen LogP contribution in [0.15, 0.2) is 0 Å². The Morgan fingerprint density at radius 3 is 1.71 bits per heavy atom. The van der Waals surface area contributed by atoms with Crippen LogP contribution < -0.4 is 5.32 Å². The summed E-state index contributed by atoms with van der Waals surface area (Å²) in [7, 11) is 0. The summed E-state index contributed by atoms with van der Waals surface area (Å²) in [6.45, 7) is 3.73. The number of carboxylic acids is 1. The van der Waals surface area contributed by atoms with E-state index in [2.05, 4.69) is 12.2 Å². The van der Waals surface area contributed by atoms with Gasteiger partial charge in [0.25, 0.3) is 0 Å². The number of nitrogens with one attached hydrogen (secondary N) is 1. The average molecular weight is 299 g/mol. The van der Waals surface area contributed by atoms with Crippen molar-refractivity contribution in [3.63, 3.8) is 0 Å². The van der Waals surface area contributed by atoms with Gasteiger partial charge in [-0.15, -0.1) is 0 Å². The molecule has 124 valence electrons. The van der Waals surface area contributed by atoms with Gasteiger partial charge in [-0.2, -0.15) is 0 Å². The van der Waals surface area contributed by atoms with Crippen LogP contribution in [0.25, 0.3) is 0 Å². The number of hydrogen-bond donors (Lipinski definition) is 2. The zero-order valence-corrected chi connectivity index (χ0v) is 13.8. The number of carbonyl (C=O) groups excluding carboxylic acids is 1. The fourth-order valence-electron chi connectivity index (χ4n) is 2.33. The number of rotatable bonds is 14. The van der Waals surface area contributed by atoms with E-state index in [9.17, 15) is 9.59 Å². The second-order valence-electron chi connectivity index (χ2n) is 5.91. The SMILES string of the molecule is CCCCCCCCCCCCCC(=O)N[C@H](C)C(=O)O. The first-order chi connectivity index (χ1) is 10.1. The zero-order valence-electron chi connectivity index (χ0n) is 13.8. The Morgan fingerprint density at radius 2 is 1.29 bits per heavy atom. The number of aliphatic carboxylic acids is 1. The van der Waals surface area contributed by atoms with E-state index in [1.807, 2.05) is 0 Å². The van der Waals surface area contributed by atoms with Gasteiger partial charge in [0.15, 0.2) is 0 Å². The number of carboxylic acid groups (broad SMARTS) is 1. The van der Waals surface area contributed by atoms with Gasteiger partial charge in [0, 0.05) is 6.42 Å². The van der Waals surface area contributed by atoms with E-state index >= 15 is 0 Å². The third-order valence-corrected chi connectivity index (χ3v) is 3.76. The zero-order chi connectivity index (χ0) is 15.9. The van der Waals surface area contributed by atoms with Gasteiger partial charge in [0.05, 0.1) is 0 Å². The second kappa shape index (κ2) is 13.9. The van der Waals surface area contributed by atoms with Crippen molar-refractivity contribution < 1.29 is 14.7 Å². The Morgan fingerprint density at radius 1 is 0.857 bits per heavy atom. The normalized spacial score (nSPS) is 12.1. The van der Waals surface area contributed by atoms with Crippen molar-refractivity contribution in [3.8, 4) is 0 Å². The fourth-order valence-corrected chi connectivity index (χ4v) is 2.33. The molecular weight excluding hydrogens is 266 g/mol. The Bertz CT molecular complexity index is 279. The van der Waals surface area contributed by atoms with Crippen molar-refractivity contribution in [1.82, 2.24) is 5.32 Å². The minimum Gasteiger partial charge on any atom is -0.480 e. The van der Waals surface area contributed by atoms with Crippen molar-refractivity contribution in [1.29, 1.82) is 0 Å². The summed E-state index contributed by atoms with van der Waals surface area (Å²) in [4.78, 5) is 22.0. The average Bonchev–Trinajstić information content (AvgIpc) is 2.44. The second-order valence-corrected chi connectivity index (χ2v) is 5.91. The molecule has 0 fully saturated rings. The Labute approximate surface area is 129 Å². The van der Waals surface area contributed by atoms with Gasteiger partial charge in [0.2, 0.25) is 5.91 Å². The predicted molar refractivity (Wildman–Crippen MR) is 86.3 cm³/mol. The predicted octanol–water partition coefficient (Wildman–Crippen LogP) is 4.28. The molecule has 0 saturated carbocycles. The third-order valence-electron chi connectivity index (χ3n) is 3.76. The molecule has 0 aromatic rings. The molecule has 0 bridgehead atoms. The van der Waals surface area contributed by atoms with Gasteiger partial charge in [-0.3, -0.25) is 9.59 Å². The number of carbonyl (C=O) groups is 2. The number of amides is 1. The van der Waals surface area contributed by atoms with E-state index < -0.39 is 12.0 Å².